The van der Waals surface area contributed by atoms with Gasteiger partial charge in [0.1, 0.15) is 17.4 Å². The zero-order valence-electron chi connectivity index (χ0n) is 15.8. The minimum atomic E-state index is -0.378. The monoisotopic (exact) mass is 428 g/mol. The molecule has 3 heterocycles. The van der Waals surface area contributed by atoms with Crippen LogP contribution in [0.25, 0.3) is 16.6 Å². The number of rotatable bonds is 7. The third-order valence-corrected chi connectivity index (χ3v) is 6.64. The number of para-hydroxylation sites is 2. The molecular formula is C19H20N6O2S2. The maximum atomic E-state index is 10.7. The molecule has 1 aliphatic rings. The number of thioether (sulfide) groups is 1. The molecule has 8 nitrogen and oxygen atoms in total. The van der Waals surface area contributed by atoms with Gasteiger partial charge < -0.3 is 20.1 Å². The third kappa shape index (κ3) is 4.53. The molecule has 1 aromatic carbocycles. The third-order valence-electron chi connectivity index (χ3n) is 4.57. The van der Waals surface area contributed by atoms with E-state index in [9.17, 15) is 10.4 Å². The van der Waals surface area contributed by atoms with Gasteiger partial charge in [-0.2, -0.15) is 5.26 Å². The quantitative estimate of drug-likeness (QED) is 0.294. The highest BCUT2D eigenvalue weighted by Gasteiger charge is 2.21. The maximum Gasteiger partial charge on any atom is 0.206 e. The summed E-state index contributed by atoms with van der Waals surface area (Å²) in [6.07, 6.45) is 2.38. The lowest BCUT2D eigenvalue weighted by Gasteiger charge is -2.09. The van der Waals surface area contributed by atoms with Crippen molar-refractivity contribution in [3.63, 3.8) is 0 Å². The average molecular weight is 429 g/mol. The smallest absolute Gasteiger partial charge is 0.206 e. The van der Waals surface area contributed by atoms with Crippen LogP contribution in [0.1, 0.15) is 25.6 Å². The van der Waals surface area contributed by atoms with Gasteiger partial charge in [0, 0.05) is 13.2 Å². The fraction of sp³-hybridized carbons (Fsp3) is 0.368. The van der Waals surface area contributed by atoms with E-state index < -0.39 is 0 Å². The zero-order valence-corrected chi connectivity index (χ0v) is 17.4. The summed E-state index contributed by atoms with van der Waals surface area (Å²) in [4.78, 5) is 7.49. The molecule has 0 aliphatic carbocycles. The van der Waals surface area contributed by atoms with E-state index in [1.165, 1.54) is 23.1 Å². The van der Waals surface area contributed by atoms with Crippen LogP contribution >= 0.6 is 23.1 Å². The van der Waals surface area contributed by atoms with Crippen LogP contribution in [0.4, 0.5) is 5.13 Å². The Morgan fingerprint density at radius 3 is 3.10 bits per heavy atom. The average Bonchev–Trinajstić information content (AvgIpc) is 3.47. The van der Waals surface area contributed by atoms with Gasteiger partial charge in [0.15, 0.2) is 10.2 Å². The van der Waals surface area contributed by atoms with Crippen LogP contribution in [-0.2, 0) is 4.74 Å². The van der Waals surface area contributed by atoms with E-state index in [4.69, 9.17) is 4.74 Å². The first-order valence-corrected chi connectivity index (χ1v) is 11.0. The van der Waals surface area contributed by atoms with E-state index in [2.05, 4.69) is 31.6 Å². The summed E-state index contributed by atoms with van der Waals surface area (Å²) in [7, 11) is 0. The predicted octanol–water partition coefficient (Wildman–Crippen LogP) is 3.98. The van der Waals surface area contributed by atoms with Crippen LogP contribution in [0.2, 0.25) is 0 Å². The number of imidazole rings is 1. The predicted molar refractivity (Wildman–Crippen MR) is 114 cm³/mol. The summed E-state index contributed by atoms with van der Waals surface area (Å²) in [6.45, 7) is 3.35. The van der Waals surface area contributed by atoms with Gasteiger partial charge in [0.25, 0.3) is 0 Å². The van der Waals surface area contributed by atoms with Crippen molar-refractivity contribution in [1.29, 1.82) is 5.26 Å². The van der Waals surface area contributed by atoms with Crippen LogP contribution < -0.4 is 5.32 Å². The SMILES string of the molecule is CC(Sc1nnc(NCC2CCCO2)s1)/C(O)=C(\C#N)c1nc2ccccc2[nH]1. The number of allylic oxidation sites excluding steroid dienone is 1. The summed E-state index contributed by atoms with van der Waals surface area (Å²) in [6, 6.07) is 9.56. The Balaban J connectivity index is 1.45. The molecule has 2 unspecified atom stereocenters. The summed E-state index contributed by atoms with van der Waals surface area (Å²) in [5.74, 6) is 0.315. The number of hydrogen-bond acceptors (Lipinski definition) is 9. The number of anilines is 1. The normalized spacial score (nSPS) is 18.4. The minimum Gasteiger partial charge on any atom is -0.510 e. The van der Waals surface area contributed by atoms with E-state index in [-0.39, 0.29) is 22.7 Å². The second-order valence-electron chi connectivity index (χ2n) is 6.62. The Bertz CT molecular complexity index is 1030. The van der Waals surface area contributed by atoms with Crippen molar-refractivity contribution < 1.29 is 9.84 Å². The van der Waals surface area contributed by atoms with Crippen molar-refractivity contribution >= 4 is 44.8 Å². The van der Waals surface area contributed by atoms with Crippen molar-refractivity contribution in [3.8, 4) is 6.07 Å². The largest absolute Gasteiger partial charge is 0.510 e. The highest BCUT2D eigenvalue weighted by molar-refractivity contribution is 8.01. The van der Waals surface area contributed by atoms with Crippen LogP contribution in [0.3, 0.4) is 0 Å². The first-order valence-electron chi connectivity index (χ1n) is 9.28. The van der Waals surface area contributed by atoms with E-state index in [0.29, 0.717) is 16.7 Å². The Kier molecular flexibility index (Phi) is 5.99. The van der Waals surface area contributed by atoms with E-state index in [1.807, 2.05) is 31.2 Å². The number of aliphatic hydroxyl groups is 1. The number of H-pyrrole nitrogens is 1. The van der Waals surface area contributed by atoms with Gasteiger partial charge in [-0.1, -0.05) is 35.2 Å². The Morgan fingerprint density at radius 1 is 1.48 bits per heavy atom. The highest BCUT2D eigenvalue weighted by Crippen LogP contribution is 2.33. The standard InChI is InChI=1S/C19H20N6O2S2/c1-11(28-19-25-24-18(29-19)21-10-12-5-4-8-27-12)16(26)13(9-20)17-22-14-6-2-3-7-15(14)23-17/h2-3,6-7,11-12,26H,4-5,8,10H2,1H3,(H,21,24)(H,22,23)/b16-13-. The number of hydrogen-bond donors (Lipinski definition) is 3. The Morgan fingerprint density at radius 2 is 2.34 bits per heavy atom. The van der Waals surface area contributed by atoms with Gasteiger partial charge in [0.2, 0.25) is 5.13 Å². The lowest BCUT2D eigenvalue weighted by atomic mass is 10.2. The molecule has 0 spiro atoms. The van der Waals surface area contributed by atoms with Crippen LogP contribution in [0, 0.1) is 11.3 Å². The number of nitrogens with zero attached hydrogens (tertiary/aromatic N) is 4. The number of aromatic amines is 1. The van der Waals surface area contributed by atoms with Crippen molar-refractivity contribution in [2.75, 3.05) is 18.5 Å². The number of fused-ring (bicyclic) bond motifs is 1. The zero-order chi connectivity index (χ0) is 20.2. The molecule has 3 aromatic rings. The van der Waals surface area contributed by atoms with Gasteiger partial charge in [-0.25, -0.2) is 4.98 Å². The molecular weight excluding hydrogens is 408 g/mol. The first-order chi connectivity index (χ1) is 14.1. The number of nitrogens with one attached hydrogen (secondary N) is 2. The molecule has 10 heteroatoms. The molecule has 0 bridgehead atoms. The van der Waals surface area contributed by atoms with Crippen LogP contribution in [-0.4, -0.2) is 49.8 Å². The van der Waals surface area contributed by atoms with E-state index >= 15 is 0 Å². The number of benzene rings is 1. The second-order valence-corrected chi connectivity index (χ2v) is 9.19. The lowest BCUT2D eigenvalue weighted by Crippen LogP contribution is -2.18. The van der Waals surface area contributed by atoms with Gasteiger partial charge in [0.05, 0.1) is 22.4 Å². The molecule has 0 amide bonds. The summed E-state index contributed by atoms with van der Waals surface area (Å²) in [5, 5.41) is 32.2. The van der Waals surface area contributed by atoms with Crippen molar-refractivity contribution in [1.82, 2.24) is 20.2 Å². The van der Waals surface area contributed by atoms with Crippen LogP contribution in [0.5, 0.6) is 0 Å². The molecule has 3 N–H and O–H groups in total. The first kappa shape index (κ1) is 19.7. The fourth-order valence-corrected chi connectivity index (χ4v) is 5.01. The van der Waals surface area contributed by atoms with Crippen molar-refractivity contribution in [2.24, 2.45) is 0 Å². The second kappa shape index (κ2) is 8.82. The number of aliphatic hydroxyl groups excluding tert-OH is 1. The van der Waals surface area contributed by atoms with Gasteiger partial charge in [-0.05, 0) is 31.9 Å². The summed E-state index contributed by atoms with van der Waals surface area (Å²) in [5.41, 5.74) is 1.69. The molecule has 1 saturated heterocycles. The van der Waals surface area contributed by atoms with Crippen molar-refractivity contribution in [3.05, 3.63) is 35.8 Å². The molecule has 0 saturated carbocycles. The Labute approximate surface area is 176 Å². The molecule has 2 atom stereocenters. The van der Waals surface area contributed by atoms with Gasteiger partial charge in [-0.3, -0.25) is 0 Å². The van der Waals surface area contributed by atoms with E-state index in [1.54, 1.807) is 0 Å². The lowest BCUT2D eigenvalue weighted by molar-refractivity contribution is 0.120. The number of aromatic nitrogens is 4. The van der Waals surface area contributed by atoms with E-state index in [0.717, 1.165) is 35.6 Å². The molecule has 1 aliphatic heterocycles. The topological polar surface area (TPSA) is 120 Å². The molecule has 2 aromatic heterocycles. The fourth-order valence-electron chi connectivity index (χ4n) is 3.05. The molecule has 0 radical (unpaired) electrons. The van der Waals surface area contributed by atoms with Gasteiger partial charge >= 0.3 is 0 Å². The highest BCUT2D eigenvalue weighted by atomic mass is 32.2. The Hall–Kier alpha value is -2.61. The molecule has 150 valence electrons. The number of nitriles is 1. The minimum absolute atomic E-state index is 0.0411. The molecule has 29 heavy (non-hydrogen) atoms. The summed E-state index contributed by atoms with van der Waals surface area (Å²) < 4.78 is 6.30. The van der Waals surface area contributed by atoms with Crippen molar-refractivity contribution in [2.45, 2.75) is 35.5 Å². The molecule has 1 fully saturated rings. The van der Waals surface area contributed by atoms with Crippen LogP contribution in [0.15, 0.2) is 34.4 Å². The van der Waals surface area contributed by atoms with Gasteiger partial charge in [-0.15, -0.1) is 10.2 Å². The number of ether oxygens (including phenoxy) is 1. The summed E-state index contributed by atoms with van der Waals surface area (Å²) >= 11 is 2.76. The molecule has 4 rings (SSSR count). The maximum absolute atomic E-state index is 10.7.